The molecule has 0 unspecified atom stereocenters. The highest BCUT2D eigenvalue weighted by atomic mass is 16.3. The molecule has 0 saturated carbocycles. The molecule has 0 aliphatic carbocycles. The second kappa shape index (κ2) is 9.24. The van der Waals surface area contributed by atoms with Crippen molar-refractivity contribution in [2.75, 3.05) is 0 Å². The van der Waals surface area contributed by atoms with Gasteiger partial charge in [-0.25, -0.2) is 0 Å². The van der Waals surface area contributed by atoms with E-state index in [1.807, 2.05) is 66.7 Å². The molecule has 0 atom stereocenters. The summed E-state index contributed by atoms with van der Waals surface area (Å²) in [5, 5.41) is 23.7. The Balaban J connectivity index is 1.34. The van der Waals surface area contributed by atoms with Gasteiger partial charge >= 0.3 is 0 Å². The minimum atomic E-state index is 0.575. The number of para-hydroxylation sites is 2. The molecule has 0 radical (unpaired) electrons. The van der Waals surface area contributed by atoms with Gasteiger partial charge in [0.2, 0.25) is 0 Å². The van der Waals surface area contributed by atoms with E-state index in [0.717, 1.165) is 71.7 Å². The van der Waals surface area contributed by atoms with Crippen LogP contribution in [-0.2, 0) is 0 Å². The molecular weight excluding hydrogens is 514 g/mol. The van der Waals surface area contributed by atoms with Crippen LogP contribution >= 0.6 is 0 Å². The molecule has 0 spiro atoms. The Kier molecular flexibility index (Phi) is 5.22. The highest BCUT2D eigenvalue weighted by Gasteiger charge is 2.16. The smallest absolute Gasteiger partial charge is 0.143 e. The number of hydrogen-bond acceptors (Lipinski definition) is 3. The molecule has 0 aliphatic rings. The predicted octanol–water partition coefficient (Wildman–Crippen LogP) is 9.76. The van der Waals surface area contributed by atoms with Gasteiger partial charge in [-0.2, -0.15) is 10.5 Å². The van der Waals surface area contributed by atoms with Crippen molar-refractivity contribution in [2.24, 2.45) is 0 Å². The van der Waals surface area contributed by atoms with Crippen molar-refractivity contribution in [1.29, 1.82) is 10.5 Å². The molecule has 2 heterocycles. The third kappa shape index (κ3) is 3.60. The fraction of sp³-hybridized carbons (Fsp3) is 0. The molecule has 0 aliphatic heterocycles. The lowest BCUT2D eigenvalue weighted by molar-refractivity contribution is 0.670. The van der Waals surface area contributed by atoms with Crippen LogP contribution in [0.25, 0.3) is 71.7 Å². The van der Waals surface area contributed by atoms with Crippen molar-refractivity contribution in [3.63, 3.8) is 0 Å². The van der Waals surface area contributed by atoms with E-state index >= 15 is 0 Å². The van der Waals surface area contributed by atoms with E-state index < -0.39 is 0 Å². The molecule has 0 saturated heterocycles. The lowest BCUT2D eigenvalue weighted by Crippen LogP contribution is -1.96. The third-order valence-electron chi connectivity index (χ3n) is 8.02. The molecule has 2 aromatic heterocycles. The largest absolute Gasteiger partial charge is 0.455 e. The van der Waals surface area contributed by atoms with Gasteiger partial charge in [-0.1, -0.05) is 72.8 Å². The number of hydrogen-bond donors (Lipinski definition) is 0. The molecule has 0 fully saturated rings. The van der Waals surface area contributed by atoms with Gasteiger partial charge in [0, 0.05) is 32.8 Å². The van der Waals surface area contributed by atoms with Crippen molar-refractivity contribution in [3.05, 3.63) is 139 Å². The first-order valence-electron chi connectivity index (χ1n) is 13.7. The van der Waals surface area contributed by atoms with Gasteiger partial charge in [0.1, 0.15) is 11.2 Å². The van der Waals surface area contributed by atoms with Crippen LogP contribution in [0.5, 0.6) is 0 Å². The molecule has 194 valence electrons. The lowest BCUT2D eigenvalue weighted by Gasteiger charge is -2.11. The number of benzene rings is 6. The lowest BCUT2D eigenvalue weighted by atomic mass is 9.99. The van der Waals surface area contributed by atoms with E-state index in [0.29, 0.717) is 11.1 Å². The number of fused-ring (bicyclic) bond motifs is 6. The molecule has 0 bridgehead atoms. The van der Waals surface area contributed by atoms with Crippen molar-refractivity contribution in [2.45, 2.75) is 0 Å². The predicted molar refractivity (Wildman–Crippen MR) is 168 cm³/mol. The van der Waals surface area contributed by atoms with Crippen molar-refractivity contribution in [1.82, 2.24) is 4.57 Å². The summed E-state index contributed by atoms with van der Waals surface area (Å²) in [6.07, 6.45) is 0. The maximum absolute atomic E-state index is 10.0. The normalized spacial score (nSPS) is 11.3. The summed E-state index contributed by atoms with van der Waals surface area (Å²) in [5.41, 5.74) is 9.90. The van der Waals surface area contributed by atoms with Gasteiger partial charge in [-0.05, 0) is 71.3 Å². The van der Waals surface area contributed by atoms with Crippen LogP contribution in [0, 0.1) is 22.7 Å². The van der Waals surface area contributed by atoms with Gasteiger partial charge in [-0.15, -0.1) is 0 Å². The van der Waals surface area contributed by atoms with Crippen LogP contribution in [0.1, 0.15) is 11.1 Å². The van der Waals surface area contributed by atoms with Crippen LogP contribution < -0.4 is 0 Å². The summed E-state index contributed by atoms with van der Waals surface area (Å²) in [6, 6.07) is 47.3. The summed E-state index contributed by atoms with van der Waals surface area (Å²) in [6.45, 7) is 0. The van der Waals surface area contributed by atoms with Crippen LogP contribution in [-0.4, -0.2) is 4.57 Å². The quantitative estimate of drug-likeness (QED) is 0.226. The van der Waals surface area contributed by atoms with Crippen molar-refractivity contribution < 1.29 is 4.42 Å². The Morgan fingerprint density at radius 1 is 0.500 bits per heavy atom. The highest BCUT2D eigenvalue weighted by molar-refractivity contribution is 6.11. The van der Waals surface area contributed by atoms with Crippen molar-refractivity contribution in [3.8, 4) is 40.1 Å². The maximum Gasteiger partial charge on any atom is 0.143 e. The average molecular weight is 536 g/mol. The topological polar surface area (TPSA) is 65.7 Å². The molecule has 0 N–H and O–H groups in total. The third-order valence-corrected chi connectivity index (χ3v) is 8.02. The standard InChI is InChI=1S/C38H21N3O/c39-22-24-13-15-36-33(19-24)31-9-4-5-12-35(31)41(36)29-18-25(23-40)17-28(20-29)27-14-16-37-34(21-27)32-11-6-10-30(38(32)42-37)26-7-2-1-3-8-26/h1-21H. The summed E-state index contributed by atoms with van der Waals surface area (Å²) in [4.78, 5) is 0. The van der Waals surface area contributed by atoms with Gasteiger partial charge in [0.25, 0.3) is 0 Å². The molecular formula is C38H21N3O. The zero-order valence-corrected chi connectivity index (χ0v) is 22.4. The van der Waals surface area contributed by atoms with Crippen LogP contribution in [0.2, 0.25) is 0 Å². The SMILES string of the molecule is N#Cc1cc(-c2ccc3oc4c(-c5ccccc5)cccc4c3c2)cc(-n2c3ccccc3c3cc(C#N)ccc32)c1. The number of rotatable bonds is 3. The first kappa shape index (κ1) is 23.8. The summed E-state index contributed by atoms with van der Waals surface area (Å²) >= 11 is 0. The zero-order chi connectivity index (χ0) is 28.2. The molecule has 42 heavy (non-hydrogen) atoms. The Labute approximate surface area is 241 Å². The van der Waals surface area contributed by atoms with Gasteiger partial charge in [0.15, 0.2) is 0 Å². The first-order valence-corrected chi connectivity index (χ1v) is 13.7. The van der Waals surface area contributed by atoms with E-state index in [2.05, 4.69) is 77.4 Å². The monoisotopic (exact) mass is 535 g/mol. The second-order valence-corrected chi connectivity index (χ2v) is 10.4. The fourth-order valence-corrected chi connectivity index (χ4v) is 6.12. The average Bonchev–Trinajstić information content (AvgIpc) is 3.60. The first-order chi connectivity index (χ1) is 20.7. The minimum Gasteiger partial charge on any atom is -0.455 e. The maximum atomic E-state index is 10.0. The van der Waals surface area contributed by atoms with E-state index in [1.54, 1.807) is 0 Å². The number of aromatic nitrogens is 1. The molecule has 4 nitrogen and oxygen atoms in total. The Bertz CT molecular complexity index is 2430. The van der Waals surface area contributed by atoms with Crippen molar-refractivity contribution >= 4 is 43.7 Å². The van der Waals surface area contributed by atoms with Gasteiger partial charge in [-0.3, -0.25) is 0 Å². The zero-order valence-electron chi connectivity index (χ0n) is 22.4. The fourth-order valence-electron chi connectivity index (χ4n) is 6.12. The Hall–Kier alpha value is -6.10. The van der Waals surface area contributed by atoms with Crippen LogP contribution in [0.4, 0.5) is 0 Å². The van der Waals surface area contributed by atoms with Crippen LogP contribution in [0.15, 0.2) is 132 Å². The van der Waals surface area contributed by atoms with E-state index in [4.69, 9.17) is 4.42 Å². The minimum absolute atomic E-state index is 0.575. The Morgan fingerprint density at radius 2 is 1.29 bits per heavy atom. The van der Waals surface area contributed by atoms with Gasteiger partial charge < -0.3 is 8.98 Å². The number of nitrogens with zero attached hydrogens (tertiary/aromatic N) is 3. The van der Waals surface area contributed by atoms with Gasteiger partial charge in [0.05, 0.1) is 34.3 Å². The highest BCUT2D eigenvalue weighted by Crippen LogP contribution is 2.39. The molecule has 0 amide bonds. The summed E-state index contributed by atoms with van der Waals surface area (Å²) in [7, 11) is 0. The number of furan rings is 1. The van der Waals surface area contributed by atoms with E-state index in [-0.39, 0.29) is 0 Å². The van der Waals surface area contributed by atoms with E-state index in [1.165, 1.54) is 0 Å². The number of nitriles is 2. The molecule has 8 aromatic rings. The molecule has 4 heteroatoms. The molecule has 6 aromatic carbocycles. The van der Waals surface area contributed by atoms with E-state index in [9.17, 15) is 10.5 Å². The molecule has 8 rings (SSSR count). The van der Waals surface area contributed by atoms with Crippen LogP contribution in [0.3, 0.4) is 0 Å². The second-order valence-electron chi connectivity index (χ2n) is 10.4. The summed E-state index contributed by atoms with van der Waals surface area (Å²) in [5.74, 6) is 0. The summed E-state index contributed by atoms with van der Waals surface area (Å²) < 4.78 is 8.57. The Morgan fingerprint density at radius 3 is 2.14 bits per heavy atom.